The van der Waals surface area contributed by atoms with Crippen LogP contribution >= 0.6 is 0 Å². The van der Waals surface area contributed by atoms with Crippen molar-refractivity contribution in [3.05, 3.63) is 57.5 Å². The highest BCUT2D eigenvalue weighted by Crippen LogP contribution is 2.15. The summed E-state index contributed by atoms with van der Waals surface area (Å²) in [5, 5.41) is 2.85. The van der Waals surface area contributed by atoms with Crippen molar-refractivity contribution in [1.82, 2.24) is 14.7 Å². The number of hydrogen-bond donors (Lipinski definition) is 1. The van der Waals surface area contributed by atoms with Crippen LogP contribution in [0.15, 0.2) is 35.1 Å². The van der Waals surface area contributed by atoms with E-state index < -0.39 is 0 Å². The number of rotatable bonds is 4. The molecule has 2 heterocycles. The molecule has 2 aromatic rings. The van der Waals surface area contributed by atoms with Crippen molar-refractivity contribution in [3.63, 3.8) is 0 Å². The van der Waals surface area contributed by atoms with Crippen LogP contribution in [0.5, 0.6) is 0 Å². The van der Waals surface area contributed by atoms with E-state index in [4.69, 9.17) is 0 Å². The second kappa shape index (κ2) is 5.67. The topological polar surface area (TPSA) is 41.0 Å². The lowest BCUT2D eigenvalue weighted by Gasteiger charge is -2.26. The molecule has 4 nitrogen and oxygen atoms in total. The zero-order chi connectivity index (χ0) is 13.9. The van der Waals surface area contributed by atoms with Gasteiger partial charge in [0.05, 0.1) is 5.69 Å². The molecule has 1 aliphatic rings. The zero-order valence-corrected chi connectivity index (χ0v) is 11.9. The van der Waals surface area contributed by atoms with Crippen molar-refractivity contribution < 1.29 is 0 Å². The third kappa shape index (κ3) is 2.70. The highest BCUT2D eigenvalue weighted by Gasteiger charge is 2.21. The van der Waals surface area contributed by atoms with E-state index in [-0.39, 0.29) is 5.56 Å². The number of fused-ring (bicyclic) bond motifs is 1. The van der Waals surface area contributed by atoms with Crippen LogP contribution in [0.4, 0.5) is 0 Å². The van der Waals surface area contributed by atoms with E-state index >= 15 is 0 Å². The first-order valence-corrected chi connectivity index (χ1v) is 7.27. The van der Waals surface area contributed by atoms with Crippen LogP contribution in [0.25, 0.3) is 0 Å². The van der Waals surface area contributed by atoms with Crippen molar-refractivity contribution in [3.8, 4) is 0 Å². The predicted molar refractivity (Wildman–Crippen MR) is 79.8 cm³/mol. The summed E-state index contributed by atoms with van der Waals surface area (Å²) < 4.78 is 1.88. The Kier molecular flexibility index (Phi) is 3.74. The lowest BCUT2D eigenvalue weighted by atomic mass is 10.1. The first kappa shape index (κ1) is 13.2. The van der Waals surface area contributed by atoms with Gasteiger partial charge in [0.2, 0.25) is 0 Å². The smallest absolute Gasteiger partial charge is 0.267 e. The van der Waals surface area contributed by atoms with E-state index in [1.54, 1.807) is 0 Å². The van der Waals surface area contributed by atoms with Crippen LogP contribution in [0, 0.1) is 0 Å². The second-order valence-electron chi connectivity index (χ2n) is 5.54. The Bertz CT molecular complexity index is 627. The lowest BCUT2D eigenvalue weighted by molar-refractivity contribution is 0.244. The number of aryl methyl sites for hydroxylation is 2. The third-order valence-electron chi connectivity index (χ3n) is 4.13. The number of benzene rings is 1. The first-order valence-electron chi connectivity index (χ1n) is 7.27. The molecular formula is C16H21N3O. The maximum absolute atomic E-state index is 11.7. The summed E-state index contributed by atoms with van der Waals surface area (Å²) in [6.07, 6.45) is 3.16. The number of aromatic nitrogens is 2. The Morgan fingerprint density at radius 3 is 2.85 bits per heavy atom. The van der Waals surface area contributed by atoms with Crippen LogP contribution in [-0.2, 0) is 26.4 Å². The molecule has 0 bridgehead atoms. The van der Waals surface area contributed by atoms with Gasteiger partial charge in [0.15, 0.2) is 0 Å². The summed E-state index contributed by atoms with van der Waals surface area (Å²) in [5.74, 6) is 0. The predicted octanol–water partition coefficient (Wildman–Crippen LogP) is 1.70. The van der Waals surface area contributed by atoms with Crippen LogP contribution in [0.3, 0.4) is 0 Å². The van der Waals surface area contributed by atoms with Gasteiger partial charge in [-0.25, -0.2) is 0 Å². The summed E-state index contributed by atoms with van der Waals surface area (Å²) >= 11 is 0. The van der Waals surface area contributed by atoms with Gasteiger partial charge < -0.3 is 0 Å². The standard InChI is InChI=1S/C16H21N3O/c1-18-15-12-19(11-9-14(15)16(20)17-18)10-5-8-13-6-3-2-4-7-13/h2-4,6-7H,5,8-12H2,1H3,(H,17,20). The molecular weight excluding hydrogens is 250 g/mol. The van der Waals surface area contributed by atoms with Gasteiger partial charge in [-0.2, -0.15) is 0 Å². The van der Waals surface area contributed by atoms with Gasteiger partial charge in [0.1, 0.15) is 0 Å². The Morgan fingerprint density at radius 1 is 1.25 bits per heavy atom. The Labute approximate surface area is 119 Å². The van der Waals surface area contributed by atoms with E-state index in [1.165, 1.54) is 5.56 Å². The summed E-state index contributed by atoms with van der Waals surface area (Å²) in [4.78, 5) is 14.1. The number of nitrogens with one attached hydrogen (secondary N) is 1. The minimum Gasteiger partial charge on any atom is -0.297 e. The average Bonchev–Trinajstić information content (AvgIpc) is 2.75. The van der Waals surface area contributed by atoms with Gasteiger partial charge in [0.25, 0.3) is 5.56 Å². The summed E-state index contributed by atoms with van der Waals surface area (Å²) in [6, 6.07) is 10.6. The minimum atomic E-state index is 0.0893. The first-order chi connectivity index (χ1) is 9.74. The fraction of sp³-hybridized carbons (Fsp3) is 0.438. The molecule has 1 N–H and O–H groups in total. The molecule has 0 aliphatic carbocycles. The molecule has 3 rings (SSSR count). The van der Waals surface area contributed by atoms with Crippen molar-refractivity contribution in [2.24, 2.45) is 7.05 Å². The molecule has 1 aromatic carbocycles. The minimum absolute atomic E-state index is 0.0893. The second-order valence-corrected chi connectivity index (χ2v) is 5.54. The summed E-state index contributed by atoms with van der Waals surface area (Å²) in [5.41, 5.74) is 3.62. The monoisotopic (exact) mass is 271 g/mol. The van der Waals surface area contributed by atoms with E-state index in [1.807, 2.05) is 11.7 Å². The third-order valence-corrected chi connectivity index (χ3v) is 4.13. The van der Waals surface area contributed by atoms with Crippen molar-refractivity contribution in [1.29, 1.82) is 0 Å². The summed E-state index contributed by atoms with van der Waals surface area (Å²) in [7, 11) is 1.92. The highest BCUT2D eigenvalue weighted by atomic mass is 16.1. The lowest BCUT2D eigenvalue weighted by Crippen LogP contribution is -2.33. The highest BCUT2D eigenvalue weighted by molar-refractivity contribution is 5.20. The maximum Gasteiger partial charge on any atom is 0.267 e. The molecule has 0 spiro atoms. The number of hydrogen-bond acceptors (Lipinski definition) is 2. The molecule has 0 saturated carbocycles. The van der Waals surface area contributed by atoms with Crippen LogP contribution in [0.1, 0.15) is 23.2 Å². The Balaban J connectivity index is 1.56. The molecule has 4 heteroatoms. The zero-order valence-electron chi connectivity index (χ0n) is 11.9. The van der Waals surface area contributed by atoms with Gasteiger partial charge in [-0.15, -0.1) is 0 Å². The molecule has 0 unspecified atom stereocenters. The molecule has 0 amide bonds. The fourth-order valence-corrected chi connectivity index (χ4v) is 2.98. The average molecular weight is 271 g/mol. The van der Waals surface area contributed by atoms with Crippen LogP contribution in [0.2, 0.25) is 0 Å². The van der Waals surface area contributed by atoms with Gasteiger partial charge in [-0.3, -0.25) is 19.5 Å². The van der Waals surface area contributed by atoms with Crippen LogP contribution in [-0.4, -0.2) is 27.8 Å². The van der Waals surface area contributed by atoms with E-state index in [0.29, 0.717) is 0 Å². The van der Waals surface area contributed by atoms with Crippen LogP contribution < -0.4 is 5.56 Å². The largest absolute Gasteiger partial charge is 0.297 e. The van der Waals surface area contributed by atoms with Crippen molar-refractivity contribution in [2.75, 3.05) is 13.1 Å². The molecule has 106 valence electrons. The molecule has 0 radical (unpaired) electrons. The van der Waals surface area contributed by atoms with Gasteiger partial charge in [0, 0.05) is 25.7 Å². The fourth-order valence-electron chi connectivity index (χ4n) is 2.98. The van der Waals surface area contributed by atoms with E-state index in [2.05, 4.69) is 40.3 Å². The van der Waals surface area contributed by atoms with Gasteiger partial charge >= 0.3 is 0 Å². The molecule has 1 aromatic heterocycles. The molecule has 1 aliphatic heterocycles. The molecule has 20 heavy (non-hydrogen) atoms. The van der Waals surface area contributed by atoms with E-state index in [9.17, 15) is 4.79 Å². The normalized spacial score (nSPS) is 15.2. The Morgan fingerprint density at radius 2 is 2.05 bits per heavy atom. The van der Waals surface area contributed by atoms with Gasteiger partial charge in [-0.1, -0.05) is 30.3 Å². The molecule has 0 fully saturated rings. The van der Waals surface area contributed by atoms with Crippen molar-refractivity contribution >= 4 is 0 Å². The number of H-pyrrole nitrogens is 1. The maximum atomic E-state index is 11.7. The number of aromatic amines is 1. The molecule has 0 atom stereocenters. The van der Waals surface area contributed by atoms with Gasteiger partial charge in [-0.05, 0) is 31.4 Å². The SMILES string of the molecule is Cn1[nH]c(=O)c2c1CN(CCCc1ccccc1)CC2. The summed E-state index contributed by atoms with van der Waals surface area (Å²) in [6.45, 7) is 2.97. The van der Waals surface area contributed by atoms with E-state index in [0.717, 1.165) is 50.2 Å². The Hall–Kier alpha value is -1.81. The number of nitrogens with zero attached hydrogens (tertiary/aromatic N) is 2. The quantitative estimate of drug-likeness (QED) is 0.919. The molecule has 0 saturated heterocycles. The van der Waals surface area contributed by atoms with Crippen molar-refractivity contribution in [2.45, 2.75) is 25.8 Å².